The van der Waals surface area contributed by atoms with Crippen LogP contribution in [-0.4, -0.2) is 60.8 Å². The van der Waals surface area contributed by atoms with Crippen LogP contribution in [0.2, 0.25) is 0 Å². The van der Waals surface area contributed by atoms with Gasteiger partial charge in [-0.25, -0.2) is 0 Å². The van der Waals surface area contributed by atoms with Crippen LogP contribution in [0.3, 0.4) is 0 Å². The summed E-state index contributed by atoms with van der Waals surface area (Å²) in [6.45, 7) is 6.58. The van der Waals surface area contributed by atoms with E-state index in [-0.39, 0.29) is 24.5 Å². The Balaban J connectivity index is 4.29. The Morgan fingerprint density at radius 2 is 1.94 bits per heavy atom. The Morgan fingerprint density at radius 1 is 1.33 bits per heavy atom. The van der Waals surface area contributed by atoms with Gasteiger partial charge in [0.25, 0.3) is 0 Å². The van der Waals surface area contributed by atoms with E-state index in [4.69, 9.17) is 9.84 Å². The fourth-order valence-electron chi connectivity index (χ4n) is 1.33. The molecule has 0 bridgehead atoms. The number of amides is 1. The molecule has 0 spiro atoms. The normalized spacial score (nSPS) is 11.6. The highest BCUT2D eigenvalue weighted by Crippen LogP contribution is 2.06. The zero-order valence-corrected chi connectivity index (χ0v) is 11.7. The number of ether oxygens (including phenoxy) is 1. The van der Waals surface area contributed by atoms with Gasteiger partial charge in [0.05, 0.1) is 19.7 Å². The molecule has 0 atom stereocenters. The first-order chi connectivity index (χ1) is 8.30. The summed E-state index contributed by atoms with van der Waals surface area (Å²) in [6.07, 6.45) is 0.815. The molecular formula is C12H24N2O4. The Labute approximate surface area is 108 Å². The molecule has 0 rings (SSSR count). The molecule has 0 saturated heterocycles. The molecule has 2 N–H and O–H groups in total. The molecular weight excluding hydrogens is 236 g/mol. The number of carbonyl (C=O) groups excluding carboxylic acids is 1. The molecule has 1 amide bonds. The van der Waals surface area contributed by atoms with Gasteiger partial charge in [-0.05, 0) is 20.3 Å². The number of carboxylic acids is 1. The van der Waals surface area contributed by atoms with Crippen molar-refractivity contribution in [1.82, 2.24) is 10.2 Å². The number of nitrogens with one attached hydrogen (secondary N) is 1. The Hall–Kier alpha value is -1.14. The third kappa shape index (κ3) is 8.03. The minimum atomic E-state index is -0.950. The van der Waals surface area contributed by atoms with E-state index >= 15 is 0 Å². The lowest BCUT2D eigenvalue weighted by molar-refractivity contribution is -0.139. The number of aliphatic carboxylic acids is 1. The number of nitrogens with zero attached hydrogens (tertiary/aromatic N) is 1. The van der Waals surface area contributed by atoms with Crippen molar-refractivity contribution in [3.8, 4) is 0 Å². The average Bonchev–Trinajstić information content (AvgIpc) is 2.24. The Kier molecular flexibility index (Phi) is 7.54. The smallest absolute Gasteiger partial charge is 0.317 e. The fraction of sp³-hybridized carbons (Fsp3) is 0.833. The number of rotatable bonds is 9. The van der Waals surface area contributed by atoms with Crippen LogP contribution in [0.1, 0.15) is 27.2 Å². The van der Waals surface area contributed by atoms with Crippen molar-refractivity contribution >= 4 is 11.9 Å². The van der Waals surface area contributed by atoms with Gasteiger partial charge in [-0.3, -0.25) is 14.5 Å². The van der Waals surface area contributed by atoms with Crippen LogP contribution >= 0.6 is 0 Å². The summed E-state index contributed by atoms with van der Waals surface area (Å²) in [4.78, 5) is 24.0. The lowest BCUT2D eigenvalue weighted by Crippen LogP contribution is -2.48. The molecule has 0 saturated carbocycles. The van der Waals surface area contributed by atoms with Crippen LogP contribution < -0.4 is 5.32 Å². The SMILES string of the molecule is CCC(C)(C)NC(=O)CN(CCOC)CC(=O)O. The Morgan fingerprint density at radius 3 is 2.39 bits per heavy atom. The van der Waals surface area contributed by atoms with Gasteiger partial charge < -0.3 is 15.2 Å². The summed E-state index contributed by atoms with van der Waals surface area (Å²) >= 11 is 0. The highest BCUT2D eigenvalue weighted by atomic mass is 16.5. The van der Waals surface area contributed by atoms with Gasteiger partial charge >= 0.3 is 5.97 Å². The average molecular weight is 260 g/mol. The van der Waals surface area contributed by atoms with Crippen LogP contribution in [0.25, 0.3) is 0 Å². The van der Waals surface area contributed by atoms with Crippen LogP contribution in [-0.2, 0) is 14.3 Å². The highest BCUT2D eigenvalue weighted by molar-refractivity contribution is 5.79. The monoisotopic (exact) mass is 260 g/mol. The lowest BCUT2D eigenvalue weighted by Gasteiger charge is -2.27. The maximum Gasteiger partial charge on any atom is 0.317 e. The van der Waals surface area contributed by atoms with Crippen molar-refractivity contribution in [2.24, 2.45) is 0 Å². The second-order valence-electron chi connectivity index (χ2n) is 4.88. The van der Waals surface area contributed by atoms with E-state index in [0.717, 1.165) is 6.42 Å². The molecule has 0 unspecified atom stereocenters. The van der Waals surface area contributed by atoms with Crippen molar-refractivity contribution < 1.29 is 19.4 Å². The summed E-state index contributed by atoms with van der Waals surface area (Å²) in [6, 6.07) is 0. The van der Waals surface area contributed by atoms with Gasteiger partial charge in [0.2, 0.25) is 5.91 Å². The van der Waals surface area contributed by atoms with E-state index < -0.39 is 5.97 Å². The summed E-state index contributed by atoms with van der Waals surface area (Å²) in [5.41, 5.74) is -0.271. The largest absolute Gasteiger partial charge is 0.480 e. The van der Waals surface area contributed by atoms with E-state index in [9.17, 15) is 9.59 Å². The molecule has 106 valence electrons. The second-order valence-corrected chi connectivity index (χ2v) is 4.88. The molecule has 0 aliphatic rings. The van der Waals surface area contributed by atoms with Crippen LogP contribution in [0, 0.1) is 0 Å². The number of carboxylic acid groups (broad SMARTS) is 1. The van der Waals surface area contributed by atoms with E-state index in [0.29, 0.717) is 13.2 Å². The third-order valence-corrected chi connectivity index (χ3v) is 2.70. The quantitative estimate of drug-likeness (QED) is 0.624. The summed E-state index contributed by atoms with van der Waals surface area (Å²) in [5, 5.41) is 11.6. The summed E-state index contributed by atoms with van der Waals surface area (Å²) in [7, 11) is 1.54. The molecule has 6 nitrogen and oxygen atoms in total. The topological polar surface area (TPSA) is 78.9 Å². The molecule has 0 radical (unpaired) electrons. The van der Waals surface area contributed by atoms with Crippen molar-refractivity contribution in [1.29, 1.82) is 0 Å². The first-order valence-corrected chi connectivity index (χ1v) is 6.05. The van der Waals surface area contributed by atoms with E-state index in [1.807, 2.05) is 20.8 Å². The maximum atomic E-state index is 11.8. The third-order valence-electron chi connectivity index (χ3n) is 2.70. The number of hydrogen-bond acceptors (Lipinski definition) is 4. The molecule has 0 heterocycles. The highest BCUT2D eigenvalue weighted by Gasteiger charge is 2.20. The molecule has 18 heavy (non-hydrogen) atoms. The summed E-state index contributed by atoms with van der Waals surface area (Å²) in [5.74, 6) is -1.12. The van der Waals surface area contributed by atoms with Crippen LogP contribution in [0.4, 0.5) is 0 Å². The van der Waals surface area contributed by atoms with Crippen molar-refractivity contribution in [2.75, 3.05) is 33.4 Å². The Bertz CT molecular complexity index is 279. The first kappa shape index (κ1) is 16.9. The van der Waals surface area contributed by atoms with Crippen molar-refractivity contribution in [2.45, 2.75) is 32.7 Å². The van der Waals surface area contributed by atoms with Gasteiger partial charge in [-0.15, -0.1) is 0 Å². The van der Waals surface area contributed by atoms with Gasteiger partial charge in [0, 0.05) is 19.2 Å². The fourth-order valence-corrected chi connectivity index (χ4v) is 1.33. The number of methoxy groups -OCH3 is 1. The maximum absolute atomic E-state index is 11.8. The van der Waals surface area contributed by atoms with Crippen molar-refractivity contribution in [3.05, 3.63) is 0 Å². The van der Waals surface area contributed by atoms with Gasteiger partial charge in [-0.1, -0.05) is 6.92 Å². The van der Waals surface area contributed by atoms with Gasteiger partial charge in [0.15, 0.2) is 0 Å². The van der Waals surface area contributed by atoms with Crippen molar-refractivity contribution in [3.63, 3.8) is 0 Å². The zero-order chi connectivity index (χ0) is 14.2. The standard InChI is InChI=1S/C12H24N2O4/c1-5-12(2,3)13-10(15)8-14(6-7-18-4)9-11(16)17/h5-9H2,1-4H3,(H,13,15)(H,16,17). The number of hydrogen-bond donors (Lipinski definition) is 2. The van der Waals surface area contributed by atoms with E-state index in [1.165, 1.54) is 0 Å². The number of carbonyl (C=O) groups is 2. The predicted octanol–water partition coefficient (Wildman–Crippen LogP) is 0.324. The van der Waals surface area contributed by atoms with E-state index in [2.05, 4.69) is 5.32 Å². The minimum absolute atomic E-state index is 0.0685. The second kappa shape index (κ2) is 8.05. The molecule has 0 aliphatic heterocycles. The lowest BCUT2D eigenvalue weighted by atomic mass is 10.0. The zero-order valence-electron chi connectivity index (χ0n) is 11.7. The van der Waals surface area contributed by atoms with Gasteiger partial charge in [-0.2, -0.15) is 0 Å². The molecule has 0 aromatic rings. The molecule has 0 aromatic carbocycles. The minimum Gasteiger partial charge on any atom is -0.480 e. The molecule has 0 fully saturated rings. The molecule has 0 aliphatic carbocycles. The van der Waals surface area contributed by atoms with E-state index in [1.54, 1.807) is 12.0 Å². The first-order valence-electron chi connectivity index (χ1n) is 6.05. The predicted molar refractivity (Wildman–Crippen MR) is 68.5 cm³/mol. The van der Waals surface area contributed by atoms with Crippen LogP contribution in [0.15, 0.2) is 0 Å². The molecule has 6 heteroatoms. The van der Waals surface area contributed by atoms with Gasteiger partial charge in [0.1, 0.15) is 0 Å². The van der Waals surface area contributed by atoms with Crippen LogP contribution in [0.5, 0.6) is 0 Å². The molecule has 0 aromatic heterocycles. The summed E-state index contributed by atoms with van der Waals surface area (Å²) < 4.78 is 4.89.